The maximum atomic E-state index is 12.8. The summed E-state index contributed by atoms with van der Waals surface area (Å²) in [5.41, 5.74) is 0.473. The van der Waals surface area contributed by atoms with Crippen molar-refractivity contribution in [3.63, 3.8) is 0 Å². The maximum Gasteiger partial charge on any atom is 0.257 e. The van der Waals surface area contributed by atoms with Crippen molar-refractivity contribution in [3.8, 4) is 5.88 Å². The highest BCUT2D eigenvalue weighted by Gasteiger charge is 2.42. The van der Waals surface area contributed by atoms with Gasteiger partial charge in [-0.25, -0.2) is 9.97 Å². The number of carbonyl (C=O) groups is 1. The molecule has 1 saturated carbocycles. The summed E-state index contributed by atoms with van der Waals surface area (Å²) in [5, 5.41) is 23.6. The number of amides is 1. The van der Waals surface area contributed by atoms with Gasteiger partial charge in [0.05, 0.1) is 24.9 Å². The fourth-order valence-electron chi connectivity index (χ4n) is 3.32. The van der Waals surface area contributed by atoms with E-state index >= 15 is 0 Å². The summed E-state index contributed by atoms with van der Waals surface area (Å²) >= 11 is 0. The first-order chi connectivity index (χ1) is 13.9. The van der Waals surface area contributed by atoms with Crippen LogP contribution in [0.25, 0.3) is 5.65 Å². The molecule has 3 aromatic rings. The normalized spacial score (nSPS) is 20.8. The number of hydrogen-bond donors (Lipinski definition) is 4. The fraction of sp³-hybridized carbons (Fsp3) is 0.368. The van der Waals surface area contributed by atoms with E-state index in [1.165, 1.54) is 13.3 Å². The molecule has 4 N–H and O–H groups in total. The second kappa shape index (κ2) is 7.21. The summed E-state index contributed by atoms with van der Waals surface area (Å²) in [7, 11) is 3.30. The molecule has 1 aliphatic rings. The Balaban J connectivity index is 1.69. The molecule has 10 nitrogen and oxygen atoms in total. The molecule has 0 unspecified atom stereocenters. The molecule has 0 bridgehead atoms. The van der Waals surface area contributed by atoms with Gasteiger partial charge in [-0.15, -0.1) is 0 Å². The van der Waals surface area contributed by atoms with E-state index in [4.69, 9.17) is 4.74 Å². The van der Waals surface area contributed by atoms with Gasteiger partial charge in [0.1, 0.15) is 22.9 Å². The van der Waals surface area contributed by atoms with Crippen LogP contribution >= 0.6 is 0 Å². The Hall–Kier alpha value is -3.40. The summed E-state index contributed by atoms with van der Waals surface area (Å²) in [6.07, 6.45) is 4.51. The SMILES string of the molecule is CNc1cc(Nc2cccnc2OC)nc2c(C(=O)N[C@@H]3CC[C@]3(C)O)cnn12. The topological polar surface area (TPSA) is 126 Å². The van der Waals surface area contributed by atoms with E-state index in [0.29, 0.717) is 40.8 Å². The number of aliphatic hydroxyl groups is 1. The average Bonchev–Trinajstić information content (AvgIpc) is 3.15. The lowest BCUT2D eigenvalue weighted by Gasteiger charge is -2.42. The fourth-order valence-corrected chi connectivity index (χ4v) is 3.32. The third-order valence-electron chi connectivity index (χ3n) is 5.19. The highest BCUT2D eigenvalue weighted by Crippen LogP contribution is 2.32. The Morgan fingerprint density at radius 3 is 2.93 bits per heavy atom. The monoisotopic (exact) mass is 397 g/mol. The molecule has 0 aliphatic heterocycles. The summed E-state index contributed by atoms with van der Waals surface area (Å²) in [5.74, 6) is 1.25. The standard InChI is InChI=1S/C19H23N7O3/c1-19(28)7-6-13(19)24-17(27)11-10-22-26-15(20-2)9-14(25-16(11)26)23-12-5-4-8-21-18(12)29-3/h4-5,8-10,13,20,28H,6-7H2,1-3H3,(H,23,25)(H,24,27)/t13-,19+/m1/s1. The lowest BCUT2D eigenvalue weighted by molar-refractivity contribution is -0.0486. The molecule has 3 heterocycles. The molecule has 152 valence electrons. The molecular weight excluding hydrogens is 374 g/mol. The lowest BCUT2D eigenvalue weighted by atomic mass is 9.76. The highest BCUT2D eigenvalue weighted by molar-refractivity contribution is 6.00. The van der Waals surface area contributed by atoms with Crippen LogP contribution < -0.4 is 20.7 Å². The van der Waals surface area contributed by atoms with Crippen LogP contribution in [0.15, 0.2) is 30.6 Å². The molecule has 10 heteroatoms. The number of methoxy groups -OCH3 is 1. The summed E-state index contributed by atoms with van der Waals surface area (Å²) < 4.78 is 6.82. The Morgan fingerprint density at radius 1 is 1.45 bits per heavy atom. The van der Waals surface area contributed by atoms with E-state index in [1.54, 1.807) is 36.8 Å². The van der Waals surface area contributed by atoms with Gasteiger partial charge in [-0.2, -0.15) is 9.61 Å². The van der Waals surface area contributed by atoms with Gasteiger partial charge in [-0.3, -0.25) is 4.79 Å². The van der Waals surface area contributed by atoms with Gasteiger partial charge >= 0.3 is 0 Å². The number of ether oxygens (including phenoxy) is 1. The van der Waals surface area contributed by atoms with Crippen molar-refractivity contribution in [1.82, 2.24) is 24.9 Å². The molecule has 2 atom stereocenters. The predicted molar refractivity (Wildman–Crippen MR) is 108 cm³/mol. The Bertz CT molecular complexity index is 1060. The van der Waals surface area contributed by atoms with Gasteiger partial charge in [0.25, 0.3) is 5.91 Å². The quantitative estimate of drug-likeness (QED) is 0.494. The maximum absolute atomic E-state index is 12.8. The van der Waals surface area contributed by atoms with Crippen molar-refractivity contribution in [1.29, 1.82) is 0 Å². The minimum Gasteiger partial charge on any atom is -0.480 e. The van der Waals surface area contributed by atoms with Crippen molar-refractivity contribution in [2.24, 2.45) is 0 Å². The van der Waals surface area contributed by atoms with Crippen LogP contribution in [0.1, 0.15) is 30.1 Å². The van der Waals surface area contributed by atoms with Crippen molar-refractivity contribution < 1.29 is 14.6 Å². The van der Waals surface area contributed by atoms with Gasteiger partial charge in [0, 0.05) is 19.3 Å². The number of fused-ring (bicyclic) bond motifs is 1. The number of rotatable bonds is 6. The zero-order chi connectivity index (χ0) is 20.6. The molecule has 29 heavy (non-hydrogen) atoms. The molecule has 1 aliphatic carbocycles. The van der Waals surface area contributed by atoms with Crippen LogP contribution in [0.5, 0.6) is 5.88 Å². The number of pyridine rings is 1. The number of nitrogens with zero attached hydrogens (tertiary/aromatic N) is 4. The minimum atomic E-state index is -0.883. The van der Waals surface area contributed by atoms with Crippen molar-refractivity contribution in [3.05, 3.63) is 36.2 Å². The largest absolute Gasteiger partial charge is 0.480 e. The molecule has 1 amide bonds. The van der Waals surface area contributed by atoms with Gasteiger partial charge in [-0.1, -0.05) is 0 Å². The third-order valence-corrected chi connectivity index (χ3v) is 5.19. The van der Waals surface area contributed by atoms with E-state index in [1.807, 2.05) is 6.07 Å². The zero-order valence-corrected chi connectivity index (χ0v) is 16.4. The van der Waals surface area contributed by atoms with Crippen LogP contribution in [0, 0.1) is 0 Å². The number of carbonyl (C=O) groups excluding carboxylic acids is 1. The number of aromatic nitrogens is 4. The number of hydrogen-bond acceptors (Lipinski definition) is 8. The van der Waals surface area contributed by atoms with Crippen molar-refractivity contribution >= 4 is 28.9 Å². The van der Waals surface area contributed by atoms with Crippen LogP contribution in [0.3, 0.4) is 0 Å². The van der Waals surface area contributed by atoms with E-state index in [9.17, 15) is 9.90 Å². The molecule has 0 radical (unpaired) electrons. The minimum absolute atomic E-state index is 0.283. The van der Waals surface area contributed by atoms with Gasteiger partial charge < -0.3 is 25.8 Å². The summed E-state index contributed by atoms with van der Waals surface area (Å²) in [6, 6.07) is 5.09. The molecular formula is C19H23N7O3. The molecule has 0 spiro atoms. The van der Waals surface area contributed by atoms with Crippen LogP contribution in [0.2, 0.25) is 0 Å². The average molecular weight is 397 g/mol. The van der Waals surface area contributed by atoms with Crippen molar-refractivity contribution in [2.45, 2.75) is 31.4 Å². The second-order valence-electron chi connectivity index (χ2n) is 7.18. The Labute approximate surface area is 167 Å². The number of anilines is 3. The first-order valence-corrected chi connectivity index (χ1v) is 9.29. The molecule has 0 saturated heterocycles. The summed E-state index contributed by atoms with van der Waals surface area (Å²) in [4.78, 5) is 21.5. The van der Waals surface area contributed by atoms with Gasteiger partial charge in [0.2, 0.25) is 5.88 Å². The van der Waals surface area contributed by atoms with Crippen LogP contribution in [-0.2, 0) is 0 Å². The van der Waals surface area contributed by atoms with Crippen LogP contribution in [-0.4, -0.2) is 56.4 Å². The van der Waals surface area contributed by atoms with E-state index in [2.05, 4.69) is 31.0 Å². The van der Waals surface area contributed by atoms with E-state index in [0.717, 1.165) is 6.42 Å². The molecule has 0 aromatic carbocycles. The van der Waals surface area contributed by atoms with Gasteiger partial charge in [0.15, 0.2) is 5.65 Å². The first kappa shape index (κ1) is 18.9. The number of nitrogens with one attached hydrogen (secondary N) is 3. The molecule has 4 rings (SSSR count). The third kappa shape index (κ3) is 3.42. The molecule has 1 fully saturated rings. The first-order valence-electron chi connectivity index (χ1n) is 9.29. The second-order valence-corrected chi connectivity index (χ2v) is 7.18. The van der Waals surface area contributed by atoms with Gasteiger partial charge in [-0.05, 0) is 31.9 Å². The van der Waals surface area contributed by atoms with E-state index in [-0.39, 0.29) is 11.9 Å². The summed E-state index contributed by atoms with van der Waals surface area (Å²) in [6.45, 7) is 1.72. The van der Waals surface area contributed by atoms with Crippen molar-refractivity contribution in [2.75, 3.05) is 24.8 Å². The Kier molecular flexibility index (Phi) is 4.71. The molecule has 3 aromatic heterocycles. The Morgan fingerprint density at radius 2 is 2.28 bits per heavy atom. The van der Waals surface area contributed by atoms with E-state index < -0.39 is 5.60 Å². The lowest BCUT2D eigenvalue weighted by Crippen LogP contribution is -2.58. The highest BCUT2D eigenvalue weighted by atomic mass is 16.5. The predicted octanol–water partition coefficient (Wildman–Crippen LogP) is 1.56. The zero-order valence-electron chi connectivity index (χ0n) is 16.4. The van der Waals surface area contributed by atoms with Crippen LogP contribution in [0.4, 0.5) is 17.3 Å². The smallest absolute Gasteiger partial charge is 0.257 e.